The van der Waals surface area contributed by atoms with Gasteiger partial charge in [-0.15, -0.1) is 12.4 Å². The maximum Gasteiger partial charge on any atom is 0.317 e. The van der Waals surface area contributed by atoms with E-state index in [1.807, 2.05) is 41.3 Å². The molecule has 0 aliphatic carbocycles. The Labute approximate surface area is 216 Å². The summed E-state index contributed by atoms with van der Waals surface area (Å²) in [6.45, 7) is 3.95. The van der Waals surface area contributed by atoms with Crippen molar-refractivity contribution >= 4 is 18.4 Å². The van der Waals surface area contributed by atoms with Crippen molar-refractivity contribution in [1.82, 2.24) is 15.0 Å². The molecule has 0 fully saturated rings. The molecule has 1 aliphatic rings. The summed E-state index contributed by atoms with van der Waals surface area (Å²) in [5.74, 6) is 0.141. The third kappa shape index (κ3) is 5.33. The summed E-state index contributed by atoms with van der Waals surface area (Å²) in [4.78, 5) is 17.7. The number of ether oxygens (including phenoxy) is 1. The van der Waals surface area contributed by atoms with Crippen LogP contribution in [-0.4, -0.2) is 46.3 Å². The van der Waals surface area contributed by atoms with Crippen LogP contribution in [0.15, 0.2) is 65.2 Å². The minimum absolute atomic E-state index is 0. The average molecular weight is 506 g/mol. The van der Waals surface area contributed by atoms with E-state index >= 15 is 0 Å². The van der Waals surface area contributed by atoms with Gasteiger partial charge in [0.1, 0.15) is 0 Å². The molecule has 36 heavy (non-hydrogen) atoms. The summed E-state index contributed by atoms with van der Waals surface area (Å²) in [7, 11) is 1.69. The smallest absolute Gasteiger partial charge is 0.317 e. The number of fused-ring (bicyclic) bond motifs is 1. The number of carboxylic acid groups (broad SMARTS) is 1. The summed E-state index contributed by atoms with van der Waals surface area (Å²) >= 11 is 0. The highest BCUT2D eigenvalue weighted by atomic mass is 35.5. The van der Waals surface area contributed by atoms with Crippen LogP contribution >= 0.6 is 12.4 Å². The highest BCUT2D eigenvalue weighted by Crippen LogP contribution is 2.32. The third-order valence-electron chi connectivity index (χ3n) is 6.43. The van der Waals surface area contributed by atoms with Gasteiger partial charge >= 0.3 is 5.97 Å². The lowest BCUT2D eigenvalue weighted by Gasteiger charge is -2.27. The Morgan fingerprint density at radius 1 is 1.06 bits per heavy atom. The second-order valence-electron chi connectivity index (χ2n) is 8.88. The minimum atomic E-state index is -0.811. The van der Waals surface area contributed by atoms with Crippen LogP contribution in [0.5, 0.6) is 0 Å². The van der Waals surface area contributed by atoms with Gasteiger partial charge in [-0.25, -0.2) is 0 Å². The Morgan fingerprint density at radius 2 is 1.86 bits per heavy atom. The van der Waals surface area contributed by atoms with E-state index in [2.05, 4.69) is 41.3 Å². The Morgan fingerprint density at radius 3 is 2.64 bits per heavy atom. The molecular formula is C28H28ClN3O4. The normalized spacial score (nSPS) is 13.2. The standard InChI is InChI=1S/C28H27N3O4.ClH/c1-18-5-3-4-6-24(18)25-10-9-21(14-23(25)17-34-2)28-29-27(30-35-28)20-8-7-19-11-12-31(16-26(32)33)15-22(19)13-20;/h3-10,13-14H,11-12,15-17H2,1-2H3,(H,32,33);1H. The first-order valence-electron chi connectivity index (χ1n) is 11.6. The van der Waals surface area contributed by atoms with Gasteiger partial charge < -0.3 is 14.4 Å². The van der Waals surface area contributed by atoms with Crippen molar-refractivity contribution in [1.29, 1.82) is 0 Å². The lowest BCUT2D eigenvalue weighted by atomic mass is 9.94. The van der Waals surface area contributed by atoms with Crippen LogP contribution in [0.4, 0.5) is 0 Å². The average Bonchev–Trinajstić information content (AvgIpc) is 3.34. The summed E-state index contributed by atoms with van der Waals surface area (Å²) in [5.41, 5.74) is 8.56. The topological polar surface area (TPSA) is 88.7 Å². The minimum Gasteiger partial charge on any atom is -0.480 e. The molecule has 0 radical (unpaired) electrons. The van der Waals surface area contributed by atoms with Crippen LogP contribution in [0.3, 0.4) is 0 Å². The van der Waals surface area contributed by atoms with Crippen molar-refractivity contribution in [3.63, 3.8) is 0 Å². The predicted octanol–water partition coefficient (Wildman–Crippen LogP) is 5.39. The first-order chi connectivity index (χ1) is 17.0. The number of methoxy groups -OCH3 is 1. The molecule has 7 nitrogen and oxygen atoms in total. The number of rotatable bonds is 7. The fourth-order valence-corrected chi connectivity index (χ4v) is 4.68. The molecular weight excluding hydrogens is 478 g/mol. The van der Waals surface area contributed by atoms with Crippen molar-refractivity contribution in [2.45, 2.75) is 26.5 Å². The van der Waals surface area contributed by atoms with E-state index in [0.717, 1.165) is 40.8 Å². The van der Waals surface area contributed by atoms with Gasteiger partial charge in [-0.1, -0.05) is 47.6 Å². The maximum atomic E-state index is 11.1. The monoisotopic (exact) mass is 505 g/mol. The number of hydrogen-bond donors (Lipinski definition) is 1. The van der Waals surface area contributed by atoms with E-state index in [-0.39, 0.29) is 19.0 Å². The highest BCUT2D eigenvalue weighted by molar-refractivity contribution is 5.85. The van der Waals surface area contributed by atoms with Crippen LogP contribution in [0.25, 0.3) is 34.0 Å². The fraction of sp³-hybridized carbons (Fsp3) is 0.250. The van der Waals surface area contributed by atoms with Crippen LogP contribution < -0.4 is 0 Å². The molecule has 2 heterocycles. The van der Waals surface area contributed by atoms with Gasteiger partial charge in [-0.3, -0.25) is 9.69 Å². The number of aliphatic carboxylic acids is 1. The summed E-state index contributed by atoms with van der Waals surface area (Å²) in [6, 6.07) is 20.5. The second kappa shape index (κ2) is 11.0. The maximum absolute atomic E-state index is 11.1. The zero-order valence-electron chi connectivity index (χ0n) is 20.2. The summed E-state index contributed by atoms with van der Waals surface area (Å²) < 4.78 is 11.1. The predicted molar refractivity (Wildman–Crippen MR) is 140 cm³/mol. The zero-order valence-corrected chi connectivity index (χ0v) is 21.0. The van der Waals surface area contributed by atoms with E-state index < -0.39 is 5.97 Å². The Balaban J connectivity index is 0.00000304. The van der Waals surface area contributed by atoms with Gasteiger partial charge in [0.15, 0.2) is 0 Å². The molecule has 0 amide bonds. The quantitative estimate of drug-likeness (QED) is 0.360. The van der Waals surface area contributed by atoms with Crippen molar-refractivity contribution in [3.8, 4) is 34.0 Å². The van der Waals surface area contributed by atoms with Crippen molar-refractivity contribution in [2.75, 3.05) is 20.2 Å². The molecule has 1 N–H and O–H groups in total. The van der Waals surface area contributed by atoms with Gasteiger partial charge in [-0.2, -0.15) is 4.98 Å². The number of hydrogen-bond acceptors (Lipinski definition) is 6. The number of nitrogens with zero attached hydrogens (tertiary/aromatic N) is 3. The number of aromatic nitrogens is 2. The number of halogens is 1. The Bertz CT molecular complexity index is 1380. The molecule has 0 saturated carbocycles. The van der Waals surface area contributed by atoms with Crippen molar-refractivity contribution in [2.24, 2.45) is 0 Å². The van der Waals surface area contributed by atoms with E-state index in [9.17, 15) is 4.79 Å². The Hall–Kier alpha value is -3.52. The van der Waals surface area contributed by atoms with Crippen LogP contribution in [0.2, 0.25) is 0 Å². The van der Waals surface area contributed by atoms with E-state index in [1.54, 1.807) is 7.11 Å². The second-order valence-corrected chi connectivity index (χ2v) is 8.88. The molecule has 0 unspecified atom stereocenters. The first kappa shape index (κ1) is 25.6. The van der Waals surface area contributed by atoms with E-state index in [1.165, 1.54) is 16.7 Å². The van der Waals surface area contributed by atoms with Gasteiger partial charge in [0.2, 0.25) is 5.82 Å². The Kier molecular flexibility index (Phi) is 7.84. The summed E-state index contributed by atoms with van der Waals surface area (Å²) in [6.07, 6.45) is 0.829. The van der Waals surface area contributed by atoms with E-state index in [4.69, 9.17) is 14.4 Å². The largest absolute Gasteiger partial charge is 0.480 e. The molecule has 3 aromatic carbocycles. The lowest BCUT2D eigenvalue weighted by molar-refractivity contribution is -0.138. The molecule has 186 valence electrons. The van der Waals surface area contributed by atoms with Gasteiger partial charge in [0, 0.05) is 31.3 Å². The van der Waals surface area contributed by atoms with E-state index in [0.29, 0.717) is 24.9 Å². The number of benzene rings is 3. The van der Waals surface area contributed by atoms with Crippen molar-refractivity contribution < 1.29 is 19.2 Å². The molecule has 0 bridgehead atoms. The zero-order chi connectivity index (χ0) is 24.4. The van der Waals surface area contributed by atoms with Crippen LogP contribution in [0.1, 0.15) is 22.3 Å². The van der Waals surface area contributed by atoms with Crippen LogP contribution in [-0.2, 0) is 29.1 Å². The molecule has 1 aliphatic heterocycles. The SMILES string of the molecule is COCc1cc(-c2nc(-c3ccc4c(c3)CN(CC(=O)O)CC4)no2)ccc1-c1ccccc1C.Cl. The lowest BCUT2D eigenvalue weighted by Crippen LogP contribution is -2.34. The molecule has 0 saturated heterocycles. The molecule has 4 aromatic rings. The first-order valence-corrected chi connectivity index (χ1v) is 11.6. The third-order valence-corrected chi connectivity index (χ3v) is 6.43. The van der Waals surface area contributed by atoms with Crippen LogP contribution in [0, 0.1) is 6.92 Å². The van der Waals surface area contributed by atoms with Gasteiger partial charge in [0.05, 0.1) is 13.2 Å². The fourth-order valence-electron chi connectivity index (χ4n) is 4.68. The van der Waals surface area contributed by atoms with Gasteiger partial charge in [-0.05, 0) is 64.9 Å². The summed E-state index contributed by atoms with van der Waals surface area (Å²) in [5, 5.41) is 13.3. The van der Waals surface area contributed by atoms with Crippen molar-refractivity contribution in [3.05, 3.63) is 82.9 Å². The molecule has 5 rings (SSSR count). The van der Waals surface area contributed by atoms with Gasteiger partial charge in [0.25, 0.3) is 5.89 Å². The molecule has 1 aromatic heterocycles. The molecule has 0 spiro atoms. The number of aryl methyl sites for hydroxylation is 1. The number of carboxylic acids is 1. The highest BCUT2D eigenvalue weighted by Gasteiger charge is 2.20. The molecule has 0 atom stereocenters. The number of carbonyl (C=O) groups is 1. The molecule has 8 heteroatoms.